The number of halogens is 1. The third-order valence-electron chi connectivity index (χ3n) is 3.81. The molecule has 0 aliphatic carbocycles. The minimum atomic E-state index is -0.269. The molecule has 0 fully saturated rings. The van der Waals surface area contributed by atoms with Crippen LogP contribution < -0.4 is 5.73 Å². The number of nitrogens with zero attached hydrogens (tertiary/aromatic N) is 4. The molecule has 1 amide bonds. The number of hydrogen-bond acceptors (Lipinski definition) is 4. The van der Waals surface area contributed by atoms with Gasteiger partial charge in [0.2, 0.25) is 5.91 Å². The smallest absolute Gasteiger partial charge is 0.246 e. The monoisotopic (exact) mass is 321 g/mol. The van der Waals surface area contributed by atoms with Gasteiger partial charge in [-0.05, 0) is 19.0 Å². The molecule has 2 aromatic rings. The van der Waals surface area contributed by atoms with Gasteiger partial charge in [0.05, 0.1) is 6.54 Å². The number of amides is 1. The standard InChI is InChI=1S/C15H19N5O.ClH/c1-11-15(21)19(9-12-5-3-2-4-6-12)10-14-18-17-13(7-8-16)20(11)14;/h2-6,11H,7-10,16H2,1H3;1H/t11-;/m1./s1. The molecule has 1 aromatic heterocycles. The number of benzene rings is 1. The summed E-state index contributed by atoms with van der Waals surface area (Å²) >= 11 is 0. The molecule has 0 bridgehead atoms. The number of nitrogens with two attached hydrogens (primary N) is 1. The van der Waals surface area contributed by atoms with E-state index < -0.39 is 0 Å². The van der Waals surface area contributed by atoms with Gasteiger partial charge in [-0.3, -0.25) is 4.79 Å². The highest BCUT2D eigenvalue weighted by Crippen LogP contribution is 2.24. The summed E-state index contributed by atoms with van der Waals surface area (Å²) in [5, 5.41) is 8.38. The number of aromatic nitrogens is 3. The van der Waals surface area contributed by atoms with E-state index in [1.807, 2.05) is 46.7 Å². The van der Waals surface area contributed by atoms with Crippen LogP contribution in [0.4, 0.5) is 0 Å². The number of hydrogen-bond donors (Lipinski definition) is 1. The molecule has 1 aromatic carbocycles. The molecule has 0 saturated carbocycles. The Morgan fingerprint density at radius 2 is 2.00 bits per heavy atom. The Hall–Kier alpha value is -1.92. The molecule has 0 saturated heterocycles. The predicted octanol–water partition coefficient (Wildman–Crippen LogP) is 1.30. The molecule has 2 N–H and O–H groups in total. The summed E-state index contributed by atoms with van der Waals surface area (Å²) < 4.78 is 1.93. The lowest BCUT2D eigenvalue weighted by Crippen LogP contribution is -2.41. The normalized spacial score (nSPS) is 17.1. The highest BCUT2D eigenvalue weighted by atomic mass is 35.5. The van der Waals surface area contributed by atoms with Gasteiger partial charge >= 0.3 is 0 Å². The van der Waals surface area contributed by atoms with Crippen LogP contribution in [-0.4, -0.2) is 32.1 Å². The molecule has 22 heavy (non-hydrogen) atoms. The summed E-state index contributed by atoms with van der Waals surface area (Å²) in [4.78, 5) is 14.4. The zero-order chi connectivity index (χ0) is 14.8. The highest BCUT2D eigenvalue weighted by Gasteiger charge is 2.32. The molecule has 7 heteroatoms. The quantitative estimate of drug-likeness (QED) is 0.921. The first-order valence-electron chi connectivity index (χ1n) is 7.16. The van der Waals surface area contributed by atoms with Gasteiger partial charge in [0, 0.05) is 13.0 Å². The number of carbonyl (C=O) groups excluding carboxylic acids is 1. The van der Waals surface area contributed by atoms with E-state index in [4.69, 9.17) is 5.73 Å². The maximum Gasteiger partial charge on any atom is 0.246 e. The Labute approximate surface area is 135 Å². The van der Waals surface area contributed by atoms with Crippen LogP contribution in [0, 0.1) is 0 Å². The van der Waals surface area contributed by atoms with Crippen molar-refractivity contribution < 1.29 is 4.79 Å². The van der Waals surface area contributed by atoms with Crippen molar-refractivity contribution in [1.29, 1.82) is 0 Å². The van der Waals surface area contributed by atoms with Crippen molar-refractivity contribution in [3.05, 3.63) is 47.5 Å². The number of fused-ring (bicyclic) bond motifs is 1. The number of carbonyl (C=O) groups is 1. The molecule has 1 atom stereocenters. The topological polar surface area (TPSA) is 77.0 Å². The van der Waals surface area contributed by atoms with Crippen LogP contribution >= 0.6 is 12.4 Å². The summed E-state index contributed by atoms with van der Waals surface area (Å²) in [6, 6.07) is 9.71. The summed E-state index contributed by atoms with van der Waals surface area (Å²) in [5.41, 5.74) is 6.70. The van der Waals surface area contributed by atoms with Gasteiger partial charge in [0.1, 0.15) is 11.9 Å². The second-order valence-corrected chi connectivity index (χ2v) is 5.30. The molecule has 0 radical (unpaired) electrons. The zero-order valence-electron chi connectivity index (χ0n) is 12.5. The summed E-state index contributed by atoms with van der Waals surface area (Å²) in [6.45, 7) is 3.50. The van der Waals surface area contributed by atoms with Crippen molar-refractivity contribution in [2.75, 3.05) is 6.54 Å². The molecule has 6 nitrogen and oxygen atoms in total. The van der Waals surface area contributed by atoms with E-state index in [1.165, 1.54) is 0 Å². The van der Waals surface area contributed by atoms with Gasteiger partial charge in [0.15, 0.2) is 5.82 Å². The molecular formula is C15H20ClN5O. The van der Waals surface area contributed by atoms with Crippen LogP contribution in [0.3, 0.4) is 0 Å². The third-order valence-corrected chi connectivity index (χ3v) is 3.81. The molecule has 2 heterocycles. The van der Waals surface area contributed by atoms with Crippen molar-refractivity contribution in [1.82, 2.24) is 19.7 Å². The van der Waals surface area contributed by atoms with Crippen molar-refractivity contribution >= 4 is 18.3 Å². The van der Waals surface area contributed by atoms with E-state index >= 15 is 0 Å². The average molecular weight is 322 g/mol. The molecule has 0 spiro atoms. The van der Waals surface area contributed by atoms with Gasteiger partial charge in [-0.2, -0.15) is 0 Å². The van der Waals surface area contributed by atoms with Crippen molar-refractivity contribution in [3.8, 4) is 0 Å². The van der Waals surface area contributed by atoms with Gasteiger partial charge < -0.3 is 15.2 Å². The van der Waals surface area contributed by atoms with E-state index in [1.54, 1.807) is 0 Å². The van der Waals surface area contributed by atoms with Crippen LogP contribution in [-0.2, 0) is 24.3 Å². The largest absolute Gasteiger partial charge is 0.330 e. The minimum absolute atomic E-state index is 0. The SMILES string of the molecule is C[C@@H]1C(=O)N(Cc2ccccc2)Cc2nnc(CCN)n21.Cl. The van der Waals surface area contributed by atoms with Gasteiger partial charge in [-0.15, -0.1) is 22.6 Å². The second kappa shape index (κ2) is 6.89. The third kappa shape index (κ3) is 2.98. The first-order valence-corrected chi connectivity index (χ1v) is 7.16. The Balaban J connectivity index is 0.00000176. The molecule has 1 aliphatic rings. The Kier molecular flexibility index (Phi) is 5.15. The van der Waals surface area contributed by atoms with E-state index in [-0.39, 0.29) is 24.4 Å². The maximum absolute atomic E-state index is 12.6. The van der Waals surface area contributed by atoms with E-state index in [0.717, 1.165) is 17.2 Å². The predicted molar refractivity (Wildman–Crippen MR) is 85.4 cm³/mol. The Morgan fingerprint density at radius 1 is 1.27 bits per heavy atom. The lowest BCUT2D eigenvalue weighted by molar-refractivity contribution is -0.137. The van der Waals surface area contributed by atoms with Crippen molar-refractivity contribution in [2.24, 2.45) is 5.73 Å². The molecular weight excluding hydrogens is 302 g/mol. The fraction of sp³-hybridized carbons (Fsp3) is 0.400. The molecule has 118 valence electrons. The number of rotatable bonds is 4. The summed E-state index contributed by atoms with van der Waals surface area (Å²) in [5.74, 6) is 1.73. The minimum Gasteiger partial charge on any atom is -0.330 e. The maximum atomic E-state index is 12.6. The first kappa shape index (κ1) is 16.5. The van der Waals surface area contributed by atoms with Crippen molar-refractivity contribution in [3.63, 3.8) is 0 Å². The first-order chi connectivity index (χ1) is 10.2. The van der Waals surface area contributed by atoms with E-state index in [0.29, 0.717) is 26.1 Å². The molecule has 0 unspecified atom stereocenters. The summed E-state index contributed by atoms with van der Waals surface area (Å²) in [6.07, 6.45) is 0.642. The second-order valence-electron chi connectivity index (χ2n) is 5.30. The van der Waals surface area contributed by atoms with Crippen LogP contribution in [0.1, 0.15) is 30.2 Å². The lowest BCUT2D eigenvalue weighted by Gasteiger charge is -2.32. The summed E-state index contributed by atoms with van der Waals surface area (Å²) in [7, 11) is 0. The Bertz CT molecular complexity index is 643. The fourth-order valence-electron chi connectivity index (χ4n) is 2.78. The van der Waals surface area contributed by atoms with E-state index in [2.05, 4.69) is 10.2 Å². The fourth-order valence-corrected chi connectivity index (χ4v) is 2.78. The van der Waals surface area contributed by atoms with Crippen LogP contribution in [0.2, 0.25) is 0 Å². The van der Waals surface area contributed by atoms with E-state index in [9.17, 15) is 4.79 Å². The lowest BCUT2D eigenvalue weighted by atomic mass is 10.1. The van der Waals surface area contributed by atoms with Crippen LogP contribution in [0.25, 0.3) is 0 Å². The molecule has 3 rings (SSSR count). The van der Waals surface area contributed by atoms with Crippen molar-refractivity contribution in [2.45, 2.75) is 32.5 Å². The molecule has 1 aliphatic heterocycles. The Morgan fingerprint density at radius 3 is 2.68 bits per heavy atom. The van der Waals surface area contributed by atoms with Gasteiger partial charge in [-0.25, -0.2) is 0 Å². The zero-order valence-corrected chi connectivity index (χ0v) is 13.3. The van der Waals surface area contributed by atoms with Crippen LogP contribution in [0.15, 0.2) is 30.3 Å². The average Bonchev–Trinajstić information content (AvgIpc) is 2.89. The highest BCUT2D eigenvalue weighted by molar-refractivity contribution is 5.85. The van der Waals surface area contributed by atoms with Crippen LogP contribution in [0.5, 0.6) is 0 Å². The van der Waals surface area contributed by atoms with Gasteiger partial charge in [0.25, 0.3) is 0 Å². The van der Waals surface area contributed by atoms with Gasteiger partial charge in [-0.1, -0.05) is 30.3 Å².